The number of benzene rings is 1. The second-order valence-corrected chi connectivity index (χ2v) is 7.33. The van der Waals surface area contributed by atoms with Crippen LogP contribution in [-0.2, 0) is 4.79 Å². The van der Waals surface area contributed by atoms with E-state index in [9.17, 15) is 9.59 Å². The van der Waals surface area contributed by atoms with Gasteiger partial charge in [-0.2, -0.15) is 0 Å². The van der Waals surface area contributed by atoms with Crippen LogP contribution in [0.5, 0.6) is 11.5 Å². The zero-order valence-corrected chi connectivity index (χ0v) is 16.8. The first kappa shape index (κ1) is 19.8. The molecule has 1 N–H and O–H groups in total. The summed E-state index contributed by atoms with van der Waals surface area (Å²) in [6.45, 7) is 9.26. The van der Waals surface area contributed by atoms with E-state index in [2.05, 4.69) is 25.7 Å². The number of methoxy groups -OCH3 is 2. The molecule has 1 aromatic rings. The summed E-state index contributed by atoms with van der Waals surface area (Å²) in [5.41, 5.74) is 2.00. The quantitative estimate of drug-likeness (QED) is 0.733. The predicted molar refractivity (Wildman–Crippen MR) is 106 cm³/mol. The van der Waals surface area contributed by atoms with Gasteiger partial charge < -0.3 is 19.7 Å². The number of hydrogen-bond acceptors (Lipinski definition) is 4. The van der Waals surface area contributed by atoms with Crippen LogP contribution in [-0.4, -0.2) is 55.6 Å². The van der Waals surface area contributed by atoms with Crippen LogP contribution >= 0.6 is 0 Å². The molecule has 2 heterocycles. The van der Waals surface area contributed by atoms with Crippen molar-refractivity contribution in [1.29, 1.82) is 0 Å². The number of amides is 3. The molecular formula is C21H27N3O4. The van der Waals surface area contributed by atoms with Gasteiger partial charge in [-0.05, 0) is 24.1 Å². The molecule has 7 nitrogen and oxygen atoms in total. The number of nitrogens with zero attached hydrogens (tertiary/aromatic N) is 2. The number of urea groups is 1. The van der Waals surface area contributed by atoms with Gasteiger partial charge in [-0.3, -0.25) is 9.69 Å². The number of carbonyl (C=O) groups excluding carboxylic acids is 2. The Morgan fingerprint density at radius 1 is 1.29 bits per heavy atom. The molecule has 0 bridgehead atoms. The van der Waals surface area contributed by atoms with Gasteiger partial charge in [0.05, 0.1) is 38.1 Å². The molecule has 2 aliphatic rings. The van der Waals surface area contributed by atoms with E-state index >= 15 is 0 Å². The SMILES string of the molecule is C=CCN1C(=O)N[C@@H](c2cc(OC)ccc2OC)C2=C1CN(CC(C)C)C2=O. The third-order valence-corrected chi connectivity index (χ3v) is 4.94. The molecular weight excluding hydrogens is 358 g/mol. The zero-order chi connectivity index (χ0) is 20.4. The minimum atomic E-state index is -0.599. The molecule has 0 aromatic heterocycles. The lowest BCUT2D eigenvalue weighted by Crippen LogP contribution is -2.47. The van der Waals surface area contributed by atoms with Gasteiger partial charge in [0.1, 0.15) is 11.5 Å². The molecule has 7 heteroatoms. The Labute approximate surface area is 165 Å². The van der Waals surface area contributed by atoms with Gasteiger partial charge >= 0.3 is 6.03 Å². The Morgan fingerprint density at radius 2 is 2.04 bits per heavy atom. The predicted octanol–water partition coefficient (Wildman–Crippen LogP) is 2.71. The van der Waals surface area contributed by atoms with Gasteiger partial charge in [0.25, 0.3) is 5.91 Å². The van der Waals surface area contributed by atoms with Crippen molar-refractivity contribution in [2.75, 3.05) is 33.9 Å². The van der Waals surface area contributed by atoms with E-state index in [-0.39, 0.29) is 11.9 Å². The summed E-state index contributed by atoms with van der Waals surface area (Å²) in [5, 5.41) is 2.97. The van der Waals surface area contributed by atoms with Crippen molar-refractivity contribution >= 4 is 11.9 Å². The molecule has 2 aliphatic heterocycles. The first-order chi connectivity index (χ1) is 13.4. The summed E-state index contributed by atoms with van der Waals surface area (Å²) in [5.74, 6) is 1.48. The lowest BCUT2D eigenvalue weighted by molar-refractivity contribution is -0.126. The van der Waals surface area contributed by atoms with Crippen LogP contribution < -0.4 is 14.8 Å². The Kier molecular flexibility index (Phi) is 5.63. The second kappa shape index (κ2) is 7.96. The van der Waals surface area contributed by atoms with Crippen LogP contribution in [0, 0.1) is 5.92 Å². The summed E-state index contributed by atoms with van der Waals surface area (Å²) in [7, 11) is 3.14. The van der Waals surface area contributed by atoms with Gasteiger partial charge in [-0.1, -0.05) is 19.9 Å². The zero-order valence-electron chi connectivity index (χ0n) is 16.8. The molecule has 150 valence electrons. The van der Waals surface area contributed by atoms with Gasteiger partial charge in [0.15, 0.2) is 0 Å². The smallest absolute Gasteiger partial charge is 0.322 e. The standard InChI is InChI=1S/C21H27N3O4/c1-6-9-24-16-12-23(11-13(2)3)20(25)18(16)19(22-21(24)26)15-10-14(27-4)7-8-17(15)28-5/h6-8,10,13,19H,1,9,11-12H2,2-5H3,(H,22,26)/t19-/m0/s1. The van der Waals surface area contributed by atoms with Gasteiger partial charge in [0.2, 0.25) is 0 Å². The topological polar surface area (TPSA) is 71.1 Å². The molecule has 1 atom stereocenters. The molecule has 0 unspecified atom stereocenters. The van der Waals surface area contributed by atoms with Crippen molar-refractivity contribution in [1.82, 2.24) is 15.1 Å². The molecule has 1 aromatic carbocycles. The van der Waals surface area contributed by atoms with Crippen molar-refractivity contribution in [3.8, 4) is 11.5 Å². The molecule has 0 aliphatic carbocycles. The van der Waals surface area contributed by atoms with Crippen LogP contribution in [0.15, 0.2) is 42.1 Å². The number of rotatable bonds is 7. The molecule has 3 amide bonds. The second-order valence-electron chi connectivity index (χ2n) is 7.33. The van der Waals surface area contributed by atoms with E-state index in [0.29, 0.717) is 48.2 Å². The minimum Gasteiger partial charge on any atom is -0.497 e. The Hall–Kier alpha value is -2.96. The third-order valence-electron chi connectivity index (χ3n) is 4.94. The van der Waals surface area contributed by atoms with Gasteiger partial charge in [0, 0.05) is 18.7 Å². The monoisotopic (exact) mass is 385 g/mol. The van der Waals surface area contributed by atoms with Crippen molar-refractivity contribution in [2.24, 2.45) is 5.92 Å². The summed E-state index contributed by atoms with van der Waals surface area (Å²) >= 11 is 0. The lowest BCUT2D eigenvalue weighted by atomic mass is 9.94. The number of nitrogens with one attached hydrogen (secondary N) is 1. The molecule has 0 saturated carbocycles. The molecule has 3 rings (SSSR count). The maximum atomic E-state index is 13.3. The average molecular weight is 385 g/mol. The third kappa shape index (κ3) is 3.44. The Bertz CT molecular complexity index is 831. The van der Waals surface area contributed by atoms with Crippen LogP contribution in [0.2, 0.25) is 0 Å². The van der Waals surface area contributed by atoms with E-state index < -0.39 is 6.04 Å². The average Bonchev–Trinajstić information content (AvgIpc) is 2.99. The normalized spacial score (nSPS) is 19.1. The summed E-state index contributed by atoms with van der Waals surface area (Å²) in [4.78, 5) is 29.5. The maximum absolute atomic E-state index is 13.3. The van der Waals surface area contributed by atoms with E-state index in [1.165, 1.54) is 0 Å². The highest BCUT2D eigenvalue weighted by Crippen LogP contribution is 2.40. The van der Waals surface area contributed by atoms with Crippen LogP contribution in [0.4, 0.5) is 4.79 Å². The van der Waals surface area contributed by atoms with E-state index in [1.807, 2.05) is 0 Å². The maximum Gasteiger partial charge on any atom is 0.322 e. The molecule has 0 radical (unpaired) electrons. The largest absolute Gasteiger partial charge is 0.497 e. The summed E-state index contributed by atoms with van der Waals surface area (Å²) in [6.07, 6.45) is 1.66. The lowest BCUT2D eigenvalue weighted by Gasteiger charge is -2.33. The number of hydrogen-bond donors (Lipinski definition) is 1. The first-order valence-electron chi connectivity index (χ1n) is 9.34. The Morgan fingerprint density at radius 3 is 2.64 bits per heavy atom. The number of carbonyl (C=O) groups is 2. The fraction of sp³-hybridized carbons (Fsp3) is 0.429. The van der Waals surface area contributed by atoms with Crippen molar-refractivity contribution < 1.29 is 19.1 Å². The van der Waals surface area contributed by atoms with E-state index in [1.54, 1.807) is 48.3 Å². The molecule has 0 spiro atoms. The van der Waals surface area contributed by atoms with Crippen molar-refractivity contribution in [3.05, 3.63) is 47.7 Å². The van der Waals surface area contributed by atoms with Crippen molar-refractivity contribution in [2.45, 2.75) is 19.9 Å². The van der Waals surface area contributed by atoms with E-state index in [0.717, 1.165) is 5.70 Å². The summed E-state index contributed by atoms with van der Waals surface area (Å²) < 4.78 is 10.8. The molecule has 0 fully saturated rings. The van der Waals surface area contributed by atoms with Gasteiger partial charge in [-0.25, -0.2) is 4.79 Å². The number of ether oxygens (including phenoxy) is 2. The minimum absolute atomic E-state index is 0.0624. The molecule has 0 saturated heterocycles. The fourth-order valence-electron chi connectivity index (χ4n) is 3.76. The van der Waals surface area contributed by atoms with Crippen molar-refractivity contribution in [3.63, 3.8) is 0 Å². The van der Waals surface area contributed by atoms with Crippen LogP contribution in [0.1, 0.15) is 25.5 Å². The highest BCUT2D eigenvalue weighted by atomic mass is 16.5. The van der Waals surface area contributed by atoms with Crippen LogP contribution in [0.25, 0.3) is 0 Å². The fourth-order valence-corrected chi connectivity index (χ4v) is 3.76. The summed E-state index contributed by atoms with van der Waals surface area (Å²) in [6, 6.07) is 4.51. The highest BCUT2D eigenvalue weighted by Gasteiger charge is 2.44. The van der Waals surface area contributed by atoms with Crippen LogP contribution in [0.3, 0.4) is 0 Å². The van der Waals surface area contributed by atoms with E-state index in [4.69, 9.17) is 9.47 Å². The Balaban J connectivity index is 2.11. The first-order valence-corrected chi connectivity index (χ1v) is 9.34. The van der Waals surface area contributed by atoms with Gasteiger partial charge in [-0.15, -0.1) is 6.58 Å². The molecule has 28 heavy (non-hydrogen) atoms. The highest BCUT2D eigenvalue weighted by molar-refractivity contribution is 6.01.